The summed E-state index contributed by atoms with van der Waals surface area (Å²) in [5.41, 5.74) is -3.38. The molecule has 10 nitrogen and oxygen atoms in total. The minimum absolute atomic E-state index is 0.0248. The van der Waals surface area contributed by atoms with Crippen molar-refractivity contribution in [2.45, 2.75) is 83.9 Å². The molecule has 0 saturated heterocycles. The molecule has 3 saturated carbocycles. The van der Waals surface area contributed by atoms with Gasteiger partial charge in [0.2, 0.25) is 5.79 Å². The number of hydrogen-bond donors (Lipinski definition) is 2. The summed E-state index contributed by atoms with van der Waals surface area (Å²) in [5.74, 6) is -7.47. The number of hydrogen-bond acceptors (Lipinski definition) is 10. The van der Waals surface area contributed by atoms with Crippen LogP contribution < -0.4 is 0 Å². The van der Waals surface area contributed by atoms with Gasteiger partial charge in [0.15, 0.2) is 0 Å². The third-order valence-electron chi connectivity index (χ3n) is 9.16. The first kappa shape index (κ1) is 25.6. The van der Waals surface area contributed by atoms with Crippen LogP contribution in [0.2, 0.25) is 0 Å². The Kier molecular flexibility index (Phi) is 5.88. The van der Waals surface area contributed by atoms with Crippen LogP contribution in [0, 0.1) is 28.6 Å². The number of methoxy groups -OCH3 is 1. The van der Waals surface area contributed by atoms with E-state index < -0.39 is 76.1 Å². The molecule has 2 N–H and O–H groups in total. The van der Waals surface area contributed by atoms with E-state index in [9.17, 15) is 29.4 Å². The van der Waals surface area contributed by atoms with Crippen LogP contribution in [-0.4, -0.2) is 64.8 Å². The van der Waals surface area contributed by atoms with E-state index in [0.717, 1.165) is 6.08 Å². The molecule has 0 aromatic carbocycles. The fourth-order valence-corrected chi connectivity index (χ4v) is 7.54. The second-order valence-electron chi connectivity index (χ2n) is 11.2. The minimum atomic E-state index is -2.11. The highest BCUT2D eigenvalue weighted by atomic mass is 16.7. The molecule has 0 bridgehead atoms. The predicted molar refractivity (Wildman–Crippen MR) is 118 cm³/mol. The second kappa shape index (κ2) is 8.03. The second-order valence-corrected chi connectivity index (χ2v) is 11.2. The van der Waals surface area contributed by atoms with E-state index in [4.69, 9.17) is 18.9 Å². The van der Waals surface area contributed by atoms with Gasteiger partial charge in [-0.05, 0) is 24.2 Å². The van der Waals surface area contributed by atoms with E-state index in [2.05, 4.69) is 0 Å². The monoisotopic (exact) mass is 494 g/mol. The van der Waals surface area contributed by atoms with Crippen molar-refractivity contribution in [2.24, 2.45) is 28.6 Å². The van der Waals surface area contributed by atoms with Crippen LogP contribution in [0.15, 0.2) is 11.6 Å². The van der Waals surface area contributed by atoms with Crippen molar-refractivity contribution in [3.05, 3.63) is 11.6 Å². The maximum Gasteiger partial charge on any atom is 0.333 e. The SMILES string of the molecule is COC(=O)[C@H]1C2=CC(=O)O[C@]2(O)C[C@@H]2[C@@H]1[C@@H](OC(C)=O)C[C@@]1(O)C(C)(C)CC[C@H](OC(C)=O)[C@]21C. The third-order valence-corrected chi connectivity index (χ3v) is 9.16. The topological polar surface area (TPSA) is 146 Å². The molecule has 0 unspecified atom stereocenters. The molecule has 3 fully saturated rings. The smallest absolute Gasteiger partial charge is 0.333 e. The van der Waals surface area contributed by atoms with E-state index in [1.807, 2.05) is 13.8 Å². The highest BCUT2D eigenvalue weighted by Crippen LogP contribution is 2.69. The summed E-state index contributed by atoms with van der Waals surface area (Å²) in [6.45, 7) is 8.11. The Morgan fingerprint density at radius 2 is 1.69 bits per heavy atom. The molecular formula is C25H34O10. The van der Waals surface area contributed by atoms with Gasteiger partial charge in [-0.15, -0.1) is 0 Å². The van der Waals surface area contributed by atoms with E-state index in [-0.39, 0.29) is 18.4 Å². The molecule has 8 atom stereocenters. The van der Waals surface area contributed by atoms with E-state index in [1.54, 1.807) is 6.92 Å². The lowest BCUT2D eigenvalue weighted by Crippen LogP contribution is -2.75. The van der Waals surface area contributed by atoms with Gasteiger partial charge in [0.25, 0.3) is 0 Å². The van der Waals surface area contributed by atoms with E-state index in [0.29, 0.717) is 12.8 Å². The Balaban J connectivity index is 1.97. The minimum Gasteiger partial charge on any atom is -0.469 e. The molecule has 4 aliphatic rings. The molecular weight excluding hydrogens is 460 g/mol. The van der Waals surface area contributed by atoms with Crippen molar-refractivity contribution in [3.8, 4) is 0 Å². The Morgan fingerprint density at radius 3 is 2.26 bits per heavy atom. The highest BCUT2D eigenvalue weighted by molar-refractivity contribution is 5.90. The number of rotatable bonds is 3. The number of fused-ring (bicyclic) bond motifs is 4. The summed E-state index contributed by atoms with van der Waals surface area (Å²) < 4.78 is 21.8. The summed E-state index contributed by atoms with van der Waals surface area (Å²) in [4.78, 5) is 49.7. The molecule has 0 aromatic rings. The van der Waals surface area contributed by atoms with Crippen molar-refractivity contribution < 1.29 is 48.3 Å². The predicted octanol–water partition coefficient (Wildman–Crippen LogP) is 1.41. The van der Waals surface area contributed by atoms with Gasteiger partial charge in [0.1, 0.15) is 12.2 Å². The quantitative estimate of drug-likeness (QED) is 0.436. The van der Waals surface area contributed by atoms with Crippen molar-refractivity contribution in [1.29, 1.82) is 0 Å². The average molecular weight is 495 g/mol. The summed E-state index contributed by atoms with van der Waals surface area (Å²) in [6, 6.07) is 0. The van der Waals surface area contributed by atoms with Crippen molar-refractivity contribution in [1.82, 2.24) is 0 Å². The van der Waals surface area contributed by atoms with Gasteiger partial charge in [-0.3, -0.25) is 14.4 Å². The first-order chi connectivity index (χ1) is 16.1. The average Bonchev–Trinajstić information content (AvgIpc) is 3.04. The zero-order valence-corrected chi connectivity index (χ0v) is 21.0. The van der Waals surface area contributed by atoms with Crippen LogP contribution in [0.5, 0.6) is 0 Å². The summed E-state index contributed by atoms with van der Waals surface area (Å²) in [7, 11) is 1.19. The first-order valence-corrected chi connectivity index (χ1v) is 11.9. The first-order valence-electron chi connectivity index (χ1n) is 11.9. The largest absolute Gasteiger partial charge is 0.469 e. The number of carbonyl (C=O) groups excluding carboxylic acids is 4. The van der Waals surface area contributed by atoms with Crippen molar-refractivity contribution >= 4 is 23.9 Å². The van der Waals surface area contributed by atoms with Crippen LogP contribution in [0.1, 0.15) is 60.3 Å². The van der Waals surface area contributed by atoms with Crippen LogP contribution in [0.4, 0.5) is 0 Å². The Hall–Kier alpha value is -2.46. The summed E-state index contributed by atoms with van der Waals surface area (Å²) in [5, 5.41) is 23.9. The normalized spacial score (nSPS) is 43.5. The Morgan fingerprint density at radius 1 is 1.06 bits per heavy atom. The lowest BCUT2D eigenvalue weighted by Gasteiger charge is -2.69. The Bertz CT molecular complexity index is 1000. The van der Waals surface area contributed by atoms with Crippen molar-refractivity contribution in [2.75, 3.05) is 7.11 Å². The summed E-state index contributed by atoms with van der Waals surface area (Å²) >= 11 is 0. The van der Waals surface area contributed by atoms with Gasteiger partial charge < -0.3 is 29.2 Å². The molecule has 10 heteroatoms. The van der Waals surface area contributed by atoms with Gasteiger partial charge in [-0.25, -0.2) is 4.79 Å². The molecule has 0 amide bonds. The van der Waals surface area contributed by atoms with E-state index >= 15 is 0 Å². The van der Waals surface area contributed by atoms with Gasteiger partial charge in [0.05, 0.1) is 18.6 Å². The zero-order chi connectivity index (χ0) is 26.1. The van der Waals surface area contributed by atoms with Crippen LogP contribution in [0.3, 0.4) is 0 Å². The molecule has 0 spiro atoms. The molecule has 1 aliphatic heterocycles. The number of carbonyl (C=O) groups is 4. The zero-order valence-electron chi connectivity index (χ0n) is 21.0. The van der Waals surface area contributed by atoms with Gasteiger partial charge in [0, 0.05) is 49.7 Å². The molecule has 3 aliphatic carbocycles. The van der Waals surface area contributed by atoms with Crippen molar-refractivity contribution in [3.63, 3.8) is 0 Å². The lowest BCUT2D eigenvalue weighted by molar-refractivity contribution is -0.316. The fourth-order valence-electron chi connectivity index (χ4n) is 7.54. The maximum atomic E-state index is 13.1. The van der Waals surface area contributed by atoms with Gasteiger partial charge in [-0.2, -0.15) is 0 Å². The standard InChI is InChI=1S/C25H34O10/c1-12(26)33-16-11-25(31)22(3,4)8-7-17(34-13(2)27)23(25,5)15-10-24(30)14(9-18(28)35-24)20(19(15)16)21(29)32-6/h9,15-17,19-20,30-31H,7-8,10-11H2,1-6H3/t15-,16+,17+,19-,20+,23+,24-,25-/m1/s1. The van der Waals surface area contributed by atoms with Crippen LogP contribution in [-0.2, 0) is 38.1 Å². The number of ether oxygens (including phenoxy) is 4. The molecule has 1 heterocycles. The number of esters is 4. The molecule has 4 rings (SSSR count). The van der Waals surface area contributed by atoms with Crippen LogP contribution >= 0.6 is 0 Å². The molecule has 0 aromatic heterocycles. The Labute approximate surface area is 203 Å². The van der Waals surface area contributed by atoms with Crippen LogP contribution in [0.25, 0.3) is 0 Å². The van der Waals surface area contributed by atoms with Gasteiger partial charge >= 0.3 is 23.9 Å². The lowest BCUT2D eigenvalue weighted by atomic mass is 9.39. The van der Waals surface area contributed by atoms with Gasteiger partial charge in [-0.1, -0.05) is 20.8 Å². The summed E-state index contributed by atoms with van der Waals surface area (Å²) in [6.07, 6.45) is 0.156. The van der Waals surface area contributed by atoms with E-state index in [1.165, 1.54) is 21.0 Å². The number of aliphatic hydroxyl groups is 2. The third kappa shape index (κ3) is 3.51. The highest BCUT2D eigenvalue weighted by Gasteiger charge is 2.75. The molecule has 0 radical (unpaired) electrons. The maximum absolute atomic E-state index is 13.1. The molecule has 194 valence electrons. The fraction of sp³-hybridized carbons (Fsp3) is 0.760. The molecule has 35 heavy (non-hydrogen) atoms.